The Kier molecular flexibility index (Phi) is 4.47. The molecule has 0 aliphatic rings. The van der Waals surface area contributed by atoms with Gasteiger partial charge in [-0.2, -0.15) is 0 Å². The van der Waals surface area contributed by atoms with Gasteiger partial charge in [-0.15, -0.1) is 0 Å². The highest BCUT2D eigenvalue weighted by molar-refractivity contribution is 6.01. The summed E-state index contributed by atoms with van der Waals surface area (Å²) >= 11 is 0. The minimum Gasteiger partial charge on any atom is -0.463 e. The lowest BCUT2D eigenvalue weighted by Crippen LogP contribution is -2.31. The first-order chi connectivity index (χ1) is 11.7. The van der Waals surface area contributed by atoms with Crippen LogP contribution in [0, 0.1) is 0 Å². The number of benzene rings is 2. The SMILES string of the molecule is CCN(CC)C(=O)c1ccccc1-c1coc2ccccc2c1=O. The van der Waals surface area contributed by atoms with Crippen LogP contribution in [0.15, 0.2) is 64.0 Å². The summed E-state index contributed by atoms with van der Waals surface area (Å²) in [6.45, 7) is 5.12. The van der Waals surface area contributed by atoms with E-state index >= 15 is 0 Å². The highest BCUT2D eigenvalue weighted by Crippen LogP contribution is 2.24. The highest BCUT2D eigenvalue weighted by Gasteiger charge is 2.19. The lowest BCUT2D eigenvalue weighted by atomic mass is 9.99. The molecule has 4 heteroatoms. The van der Waals surface area contributed by atoms with E-state index in [0.29, 0.717) is 40.7 Å². The predicted molar refractivity (Wildman–Crippen MR) is 95.2 cm³/mol. The zero-order chi connectivity index (χ0) is 17.1. The zero-order valence-corrected chi connectivity index (χ0v) is 13.8. The van der Waals surface area contributed by atoms with Gasteiger partial charge >= 0.3 is 0 Å². The summed E-state index contributed by atoms with van der Waals surface area (Å²) in [5.41, 5.74) is 1.94. The average Bonchev–Trinajstić information content (AvgIpc) is 2.63. The third-order valence-electron chi connectivity index (χ3n) is 4.18. The summed E-state index contributed by atoms with van der Waals surface area (Å²) in [4.78, 5) is 27.3. The van der Waals surface area contributed by atoms with Crippen LogP contribution in [-0.2, 0) is 0 Å². The Morgan fingerprint density at radius 3 is 2.38 bits per heavy atom. The highest BCUT2D eigenvalue weighted by atomic mass is 16.3. The molecular formula is C20H19NO3. The van der Waals surface area contributed by atoms with Crippen LogP contribution >= 0.6 is 0 Å². The smallest absolute Gasteiger partial charge is 0.254 e. The Bertz CT molecular complexity index is 939. The van der Waals surface area contributed by atoms with Crippen LogP contribution in [0.4, 0.5) is 0 Å². The van der Waals surface area contributed by atoms with E-state index in [0.717, 1.165) is 0 Å². The summed E-state index contributed by atoms with van der Waals surface area (Å²) in [6.07, 6.45) is 1.44. The zero-order valence-electron chi connectivity index (χ0n) is 13.8. The van der Waals surface area contributed by atoms with Crippen LogP contribution in [-0.4, -0.2) is 23.9 Å². The second-order valence-corrected chi connectivity index (χ2v) is 5.50. The molecule has 0 spiro atoms. The van der Waals surface area contributed by atoms with E-state index in [9.17, 15) is 9.59 Å². The second kappa shape index (κ2) is 6.71. The number of fused-ring (bicyclic) bond motifs is 1. The Morgan fingerprint density at radius 1 is 0.958 bits per heavy atom. The lowest BCUT2D eigenvalue weighted by molar-refractivity contribution is 0.0774. The summed E-state index contributed by atoms with van der Waals surface area (Å²) < 4.78 is 5.60. The van der Waals surface area contributed by atoms with Gasteiger partial charge in [-0.1, -0.05) is 30.3 Å². The van der Waals surface area contributed by atoms with Crippen LogP contribution < -0.4 is 5.43 Å². The molecule has 122 valence electrons. The van der Waals surface area contributed by atoms with Crippen molar-refractivity contribution < 1.29 is 9.21 Å². The predicted octanol–water partition coefficient (Wildman–Crippen LogP) is 3.94. The van der Waals surface area contributed by atoms with Gasteiger partial charge in [0.2, 0.25) is 5.43 Å². The molecule has 0 fully saturated rings. The summed E-state index contributed by atoms with van der Waals surface area (Å²) in [5, 5.41) is 0.514. The molecule has 1 heterocycles. The van der Waals surface area contributed by atoms with Gasteiger partial charge in [0, 0.05) is 24.2 Å². The molecule has 0 aliphatic carbocycles. The first kappa shape index (κ1) is 16.0. The molecule has 3 rings (SSSR count). The average molecular weight is 321 g/mol. The van der Waals surface area contributed by atoms with Gasteiger partial charge < -0.3 is 9.32 Å². The minimum absolute atomic E-state index is 0.0804. The van der Waals surface area contributed by atoms with Crippen molar-refractivity contribution in [1.82, 2.24) is 4.90 Å². The molecule has 1 amide bonds. The van der Waals surface area contributed by atoms with E-state index in [1.54, 1.807) is 35.2 Å². The molecule has 0 aliphatic heterocycles. The van der Waals surface area contributed by atoms with Crippen molar-refractivity contribution in [3.8, 4) is 11.1 Å². The van der Waals surface area contributed by atoms with Gasteiger partial charge in [0.25, 0.3) is 5.91 Å². The molecule has 0 saturated carbocycles. The monoisotopic (exact) mass is 321 g/mol. The fourth-order valence-corrected chi connectivity index (χ4v) is 2.85. The van der Waals surface area contributed by atoms with Gasteiger partial charge in [0.15, 0.2) is 0 Å². The van der Waals surface area contributed by atoms with Crippen molar-refractivity contribution >= 4 is 16.9 Å². The largest absolute Gasteiger partial charge is 0.463 e. The van der Waals surface area contributed by atoms with Gasteiger partial charge in [0.1, 0.15) is 11.8 Å². The number of carbonyl (C=O) groups excluding carboxylic acids is 1. The molecule has 1 aromatic heterocycles. The summed E-state index contributed by atoms with van der Waals surface area (Å²) in [6, 6.07) is 14.3. The Morgan fingerprint density at radius 2 is 1.62 bits per heavy atom. The minimum atomic E-state index is -0.128. The van der Waals surface area contributed by atoms with E-state index in [1.165, 1.54) is 6.26 Å². The van der Waals surface area contributed by atoms with E-state index in [2.05, 4.69) is 0 Å². The maximum Gasteiger partial charge on any atom is 0.254 e. The Hall–Kier alpha value is -2.88. The molecule has 24 heavy (non-hydrogen) atoms. The van der Waals surface area contributed by atoms with E-state index < -0.39 is 0 Å². The molecular weight excluding hydrogens is 302 g/mol. The second-order valence-electron chi connectivity index (χ2n) is 5.50. The van der Waals surface area contributed by atoms with Crippen LogP contribution in [0.3, 0.4) is 0 Å². The fourth-order valence-electron chi connectivity index (χ4n) is 2.85. The molecule has 0 unspecified atom stereocenters. The van der Waals surface area contributed by atoms with Gasteiger partial charge in [0.05, 0.1) is 10.9 Å². The van der Waals surface area contributed by atoms with E-state index in [-0.39, 0.29) is 11.3 Å². The van der Waals surface area contributed by atoms with Crippen molar-refractivity contribution in [2.24, 2.45) is 0 Å². The van der Waals surface area contributed by atoms with Crippen molar-refractivity contribution in [2.75, 3.05) is 13.1 Å². The number of amides is 1. The van der Waals surface area contributed by atoms with E-state index in [1.807, 2.05) is 32.0 Å². The quantitative estimate of drug-likeness (QED) is 0.731. The fraction of sp³-hybridized carbons (Fsp3) is 0.200. The third-order valence-corrected chi connectivity index (χ3v) is 4.18. The first-order valence-electron chi connectivity index (χ1n) is 8.06. The molecule has 0 saturated heterocycles. The molecule has 0 N–H and O–H groups in total. The third kappa shape index (κ3) is 2.71. The first-order valence-corrected chi connectivity index (χ1v) is 8.06. The number of nitrogens with zero attached hydrogens (tertiary/aromatic N) is 1. The van der Waals surface area contributed by atoms with Crippen molar-refractivity contribution in [3.63, 3.8) is 0 Å². The number of para-hydroxylation sites is 1. The van der Waals surface area contributed by atoms with Crippen LogP contribution in [0.1, 0.15) is 24.2 Å². The van der Waals surface area contributed by atoms with Gasteiger partial charge in [-0.05, 0) is 32.0 Å². The van der Waals surface area contributed by atoms with Gasteiger partial charge in [-0.25, -0.2) is 0 Å². The van der Waals surface area contributed by atoms with Crippen molar-refractivity contribution in [2.45, 2.75) is 13.8 Å². The number of rotatable bonds is 4. The Labute approximate surface area is 140 Å². The standard InChI is InChI=1S/C20H19NO3/c1-3-21(4-2)20(23)15-10-6-5-9-14(15)17-13-24-18-12-8-7-11-16(18)19(17)22/h5-13H,3-4H2,1-2H3. The summed E-state index contributed by atoms with van der Waals surface area (Å²) in [5.74, 6) is -0.0804. The number of carbonyl (C=O) groups is 1. The van der Waals surface area contributed by atoms with Crippen molar-refractivity contribution in [3.05, 3.63) is 70.6 Å². The van der Waals surface area contributed by atoms with Crippen LogP contribution in [0.5, 0.6) is 0 Å². The molecule has 2 aromatic carbocycles. The maximum atomic E-state index is 12.8. The number of hydrogen-bond acceptors (Lipinski definition) is 3. The number of hydrogen-bond donors (Lipinski definition) is 0. The van der Waals surface area contributed by atoms with E-state index in [4.69, 9.17) is 4.42 Å². The topological polar surface area (TPSA) is 50.5 Å². The molecule has 3 aromatic rings. The van der Waals surface area contributed by atoms with Crippen molar-refractivity contribution in [1.29, 1.82) is 0 Å². The maximum absolute atomic E-state index is 12.8. The van der Waals surface area contributed by atoms with Gasteiger partial charge in [-0.3, -0.25) is 9.59 Å². The van der Waals surface area contributed by atoms with Crippen LogP contribution in [0.2, 0.25) is 0 Å². The molecule has 0 atom stereocenters. The lowest BCUT2D eigenvalue weighted by Gasteiger charge is -2.20. The molecule has 4 nitrogen and oxygen atoms in total. The molecule has 0 radical (unpaired) electrons. The summed E-state index contributed by atoms with van der Waals surface area (Å²) in [7, 11) is 0. The molecule has 0 bridgehead atoms. The Balaban J connectivity index is 2.20. The van der Waals surface area contributed by atoms with Crippen LogP contribution in [0.25, 0.3) is 22.1 Å². The normalized spacial score (nSPS) is 10.8.